The Morgan fingerprint density at radius 3 is 2.59 bits per heavy atom. The second-order valence-corrected chi connectivity index (χ2v) is 4.41. The summed E-state index contributed by atoms with van der Waals surface area (Å²) in [4.78, 5) is 0. The Kier molecular flexibility index (Phi) is 3.40. The lowest BCUT2D eigenvalue weighted by Crippen LogP contribution is -2.04. The maximum atomic E-state index is 13.6. The molecule has 0 amide bonds. The van der Waals surface area contributed by atoms with Crippen LogP contribution >= 0.6 is 23.2 Å². The fraction of sp³-hybridized carbons (Fsp3) is 0.250. The van der Waals surface area contributed by atoms with Gasteiger partial charge in [0.15, 0.2) is 0 Å². The van der Waals surface area contributed by atoms with E-state index in [9.17, 15) is 4.39 Å². The second-order valence-electron chi connectivity index (χ2n) is 3.77. The third-order valence-corrected chi connectivity index (χ3v) is 3.47. The van der Waals surface area contributed by atoms with E-state index in [1.54, 1.807) is 16.8 Å². The molecule has 1 heterocycles. The van der Waals surface area contributed by atoms with Crippen LogP contribution in [0.3, 0.4) is 0 Å². The van der Waals surface area contributed by atoms with Gasteiger partial charge in [-0.15, -0.1) is 11.6 Å². The Balaban J connectivity index is 2.68. The molecule has 0 unspecified atom stereocenters. The number of alkyl halides is 1. The van der Waals surface area contributed by atoms with Crippen LogP contribution in [-0.2, 0) is 5.88 Å². The van der Waals surface area contributed by atoms with Gasteiger partial charge in [-0.1, -0.05) is 17.7 Å². The minimum Gasteiger partial charge on any atom is -0.236 e. The quantitative estimate of drug-likeness (QED) is 0.755. The Morgan fingerprint density at radius 1 is 1.35 bits per heavy atom. The van der Waals surface area contributed by atoms with Crippen molar-refractivity contribution in [1.29, 1.82) is 0 Å². The van der Waals surface area contributed by atoms with Crippen LogP contribution in [0, 0.1) is 19.7 Å². The van der Waals surface area contributed by atoms with Crippen LogP contribution in [-0.4, -0.2) is 9.78 Å². The summed E-state index contributed by atoms with van der Waals surface area (Å²) < 4.78 is 15.2. The fourth-order valence-corrected chi connectivity index (χ4v) is 2.12. The largest absolute Gasteiger partial charge is 0.236 e. The summed E-state index contributed by atoms with van der Waals surface area (Å²) in [5.74, 6) is -0.237. The molecule has 0 fully saturated rings. The van der Waals surface area contributed by atoms with Crippen molar-refractivity contribution in [3.05, 3.63) is 46.0 Å². The van der Waals surface area contributed by atoms with Gasteiger partial charge in [0.2, 0.25) is 0 Å². The Bertz CT molecular complexity index is 564. The van der Waals surface area contributed by atoms with E-state index in [4.69, 9.17) is 23.2 Å². The molecule has 1 aromatic heterocycles. The van der Waals surface area contributed by atoms with E-state index < -0.39 is 0 Å². The normalized spacial score (nSPS) is 10.9. The van der Waals surface area contributed by atoms with Crippen molar-refractivity contribution in [2.75, 3.05) is 0 Å². The number of aromatic nitrogens is 2. The molecule has 2 aromatic rings. The minimum atomic E-state index is -0.332. The highest BCUT2D eigenvalue weighted by Crippen LogP contribution is 2.26. The van der Waals surface area contributed by atoms with E-state index in [1.165, 1.54) is 6.07 Å². The Labute approximate surface area is 109 Å². The predicted molar refractivity (Wildman–Crippen MR) is 67.6 cm³/mol. The first-order valence-corrected chi connectivity index (χ1v) is 6.03. The van der Waals surface area contributed by atoms with Crippen LogP contribution in [0.1, 0.15) is 17.0 Å². The zero-order valence-electron chi connectivity index (χ0n) is 9.47. The SMILES string of the molecule is Cc1nn(-c2cccc(F)c2CCl)c(C)c1Cl. The van der Waals surface area contributed by atoms with Gasteiger partial charge in [-0.2, -0.15) is 5.10 Å². The predicted octanol–water partition coefficient (Wildman–Crippen LogP) is 4.02. The first-order chi connectivity index (χ1) is 8.06. The molecule has 0 atom stereocenters. The Hall–Kier alpha value is -1.06. The van der Waals surface area contributed by atoms with Gasteiger partial charge in [0, 0.05) is 5.56 Å². The molecule has 2 nitrogen and oxygen atoms in total. The van der Waals surface area contributed by atoms with Gasteiger partial charge in [-0.3, -0.25) is 0 Å². The zero-order chi connectivity index (χ0) is 12.6. The minimum absolute atomic E-state index is 0.0952. The molecule has 0 N–H and O–H groups in total. The summed E-state index contributed by atoms with van der Waals surface area (Å²) in [5, 5.41) is 4.88. The zero-order valence-corrected chi connectivity index (χ0v) is 11.0. The van der Waals surface area contributed by atoms with E-state index in [-0.39, 0.29) is 11.7 Å². The molecule has 0 radical (unpaired) electrons. The van der Waals surface area contributed by atoms with Gasteiger partial charge >= 0.3 is 0 Å². The number of halogens is 3. The fourth-order valence-electron chi connectivity index (χ4n) is 1.74. The summed E-state index contributed by atoms with van der Waals surface area (Å²) in [7, 11) is 0. The summed E-state index contributed by atoms with van der Waals surface area (Å²) in [6.45, 7) is 3.65. The molecule has 0 aliphatic carbocycles. The van der Waals surface area contributed by atoms with Crippen molar-refractivity contribution in [2.45, 2.75) is 19.7 Å². The van der Waals surface area contributed by atoms with Gasteiger partial charge < -0.3 is 0 Å². The highest BCUT2D eigenvalue weighted by molar-refractivity contribution is 6.31. The van der Waals surface area contributed by atoms with Crippen molar-refractivity contribution >= 4 is 23.2 Å². The molecule has 0 saturated heterocycles. The Morgan fingerprint density at radius 2 is 2.06 bits per heavy atom. The molecule has 0 saturated carbocycles. The topological polar surface area (TPSA) is 17.8 Å². The van der Waals surface area contributed by atoms with Crippen LogP contribution in [0.4, 0.5) is 4.39 Å². The monoisotopic (exact) mass is 272 g/mol. The number of nitrogens with zero attached hydrogens (tertiary/aromatic N) is 2. The van der Waals surface area contributed by atoms with Crippen molar-refractivity contribution < 1.29 is 4.39 Å². The standard InChI is InChI=1S/C12H11Cl2FN2/c1-7-12(14)8(2)17(16-7)11-5-3-4-10(15)9(11)6-13/h3-5H,6H2,1-2H3. The number of aryl methyl sites for hydroxylation is 1. The van der Waals surface area contributed by atoms with E-state index >= 15 is 0 Å². The van der Waals surface area contributed by atoms with Crippen LogP contribution < -0.4 is 0 Å². The molecule has 0 spiro atoms. The third kappa shape index (κ3) is 2.05. The van der Waals surface area contributed by atoms with Crippen molar-refractivity contribution in [2.24, 2.45) is 0 Å². The highest BCUT2D eigenvalue weighted by Gasteiger charge is 2.15. The third-order valence-electron chi connectivity index (χ3n) is 2.66. The molecular formula is C12H11Cl2FN2. The molecule has 2 rings (SSSR count). The van der Waals surface area contributed by atoms with Crippen LogP contribution in [0.2, 0.25) is 5.02 Å². The van der Waals surface area contributed by atoms with Crippen LogP contribution in [0.25, 0.3) is 5.69 Å². The van der Waals surface area contributed by atoms with Crippen molar-refractivity contribution in [3.8, 4) is 5.69 Å². The van der Waals surface area contributed by atoms with Crippen LogP contribution in [0.5, 0.6) is 0 Å². The van der Waals surface area contributed by atoms with Crippen molar-refractivity contribution in [1.82, 2.24) is 9.78 Å². The highest BCUT2D eigenvalue weighted by atomic mass is 35.5. The van der Waals surface area contributed by atoms with E-state index in [1.807, 2.05) is 13.8 Å². The number of benzene rings is 1. The summed E-state index contributed by atoms with van der Waals surface area (Å²) in [5.41, 5.74) is 2.55. The van der Waals surface area contributed by atoms with E-state index in [0.717, 1.165) is 5.69 Å². The molecule has 0 aliphatic heterocycles. The molecule has 5 heteroatoms. The van der Waals surface area contributed by atoms with Gasteiger partial charge in [-0.25, -0.2) is 9.07 Å². The first kappa shape index (κ1) is 12.4. The van der Waals surface area contributed by atoms with Gasteiger partial charge in [0.05, 0.1) is 28.0 Å². The summed E-state index contributed by atoms with van der Waals surface area (Å²) in [6.07, 6.45) is 0. The average molecular weight is 273 g/mol. The van der Waals surface area contributed by atoms with Gasteiger partial charge in [-0.05, 0) is 26.0 Å². The molecule has 17 heavy (non-hydrogen) atoms. The molecule has 0 aliphatic rings. The summed E-state index contributed by atoms with van der Waals surface area (Å²) >= 11 is 11.8. The number of rotatable bonds is 2. The lowest BCUT2D eigenvalue weighted by molar-refractivity contribution is 0.613. The lowest BCUT2D eigenvalue weighted by atomic mass is 10.2. The second kappa shape index (κ2) is 4.67. The first-order valence-electron chi connectivity index (χ1n) is 5.11. The maximum Gasteiger partial charge on any atom is 0.129 e. The molecular weight excluding hydrogens is 262 g/mol. The smallest absolute Gasteiger partial charge is 0.129 e. The molecule has 0 bridgehead atoms. The number of hydrogen-bond acceptors (Lipinski definition) is 1. The van der Waals surface area contributed by atoms with Crippen molar-refractivity contribution in [3.63, 3.8) is 0 Å². The van der Waals surface area contributed by atoms with Gasteiger partial charge in [0.1, 0.15) is 5.82 Å². The van der Waals surface area contributed by atoms with E-state index in [2.05, 4.69) is 5.10 Å². The van der Waals surface area contributed by atoms with Gasteiger partial charge in [0.25, 0.3) is 0 Å². The van der Waals surface area contributed by atoms with Crippen LogP contribution in [0.15, 0.2) is 18.2 Å². The molecule has 1 aromatic carbocycles. The summed E-state index contributed by atoms with van der Waals surface area (Å²) in [6, 6.07) is 4.79. The number of hydrogen-bond donors (Lipinski definition) is 0. The molecule has 90 valence electrons. The average Bonchev–Trinajstić information content (AvgIpc) is 2.56. The lowest BCUT2D eigenvalue weighted by Gasteiger charge is -2.09. The van der Waals surface area contributed by atoms with E-state index in [0.29, 0.717) is 22.0 Å². The maximum absolute atomic E-state index is 13.6.